The van der Waals surface area contributed by atoms with Crippen LogP contribution in [-0.4, -0.2) is 30.6 Å². The summed E-state index contributed by atoms with van der Waals surface area (Å²) in [6, 6.07) is 16.2. The van der Waals surface area contributed by atoms with Gasteiger partial charge < -0.3 is 5.32 Å². The lowest BCUT2D eigenvalue weighted by Crippen LogP contribution is -2.40. The molecule has 0 aliphatic carbocycles. The lowest BCUT2D eigenvalue weighted by molar-refractivity contribution is 0.313. The molecule has 2 aromatic carbocycles. The summed E-state index contributed by atoms with van der Waals surface area (Å²) in [5.41, 5.74) is 1.47. The second-order valence-corrected chi connectivity index (χ2v) is 6.30. The van der Waals surface area contributed by atoms with Gasteiger partial charge in [0.05, 0.1) is 0 Å². The molecule has 2 aromatic rings. The van der Waals surface area contributed by atoms with E-state index in [0.717, 1.165) is 18.5 Å². The summed E-state index contributed by atoms with van der Waals surface area (Å²) in [4.78, 5) is 2.63. The Morgan fingerprint density at radius 1 is 1.05 bits per heavy atom. The first-order chi connectivity index (χ1) is 9.90. The highest BCUT2D eigenvalue weighted by Gasteiger charge is 2.33. The topological polar surface area (TPSA) is 15.3 Å². The third kappa shape index (κ3) is 2.23. The minimum absolute atomic E-state index is 0.735. The predicted molar refractivity (Wildman–Crippen MR) is 83.7 cm³/mol. The van der Waals surface area contributed by atoms with E-state index < -0.39 is 0 Å². The van der Waals surface area contributed by atoms with Crippen LogP contribution in [0.3, 0.4) is 0 Å². The highest BCUT2D eigenvalue weighted by Crippen LogP contribution is 2.27. The molecule has 2 nitrogen and oxygen atoms in total. The zero-order chi connectivity index (χ0) is 13.4. The summed E-state index contributed by atoms with van der Waals surface area (Å²) in [5.74, 6) is 0.874. The normalized spacial score (nSPS) is 26.8. The van der Waals surface area contributed by atoms with E-state index in [9.17, 15) is 0 Å². The Hall–Kier alpha value is -1.38. The molecular weight excluding hydrogens is 244 g/mol. The van der Waals surface area contributed by atoms with Crippen LogP contribution < -0.4 is 5.32 Å². The number of hydrogen-bond acceptors (Lipinski definition) is 2. The summed E-state index contributed by atoms with van der Waals surface area (Å²) < 4.78 is 0. The molecule has 2 saturated heterocycles. The number of nitrogens with zero attached hydrogens (tertiary/aromatic N) is 1. The van der Waals surface area contributed by atoms with Gasteiger partial charge in [0, 0.05) is 25.7 Å². The van der Waals surface area contributed by atoms with Gasteiger partial charge in [-0.1, -0.05) is 42.5 Å². The number of rotatable bonds is 2. The van der Waals surface area contributed by atoms with Crippen LogP contribution in [0.4, 0.5) is 0 Å². The van der Waals surface area contributed by atoms with Crippen LogP contribution in [0.15, 0.2) is 42.5 Å². The third-order valence-electron chi connectivity index (χ3n) is 4.95. The minimum Gasteiger partial charge on any atom is -0.312 e. The summed E-state index contributed by atoms with van der Waals surface area (Å²) >= 11 is 0. The average molecular weight is 266 g/mol. The van der Waals surface area contributed by atoms with Crippen LogP contribution in [0.1, 0.15) is 18.4 Å². The van der Waals surface area contributed by atoms with Gasteiger partial charge >= 0.3 is 0 Å². The molecule has 0 saturated carbocycles. The molecule has 20 heavy (non-hydrogen) atoms. The van der Waals surface area contributed by atoms with Crippen molar-refractivity contribution in [3.63, 3.8) is 0 Å². The average Bonchev–Trinajstić information content (AvgIpc) is 2.90. The molecule has 2 heterocycles. The summed E-state index contributed by atoms with van der Waals surface area (Å²) in [6.07, 6.45) is 2.76. The zero-order valence-corrected chi connectivity index (χ0v) is 11.9. The molecule has 104 valence electrons. The van der Waals surface area contributed by atoms with Gasteiger partial charge in [-0.15, -0.1) is 0 Å². The van der Waals surface area contributed by atoms with Crippen LogP contribution >= 0.6 is 0 Å². The fourth-order valence-electron chi connectivity index (χ4n) is 3.94. The van der Waals surface area contributed by atoms with E-state index in [-0.39, 0.29) is 0 Å². The molecule has 0 spiro atoms. The van der Waals surface area contributed by atoms with Gasteiger partial charge in [-0.3, -0.25) is 4.90 Å². The van der Waals surface area contributed by atoms with Crippen LogP contribution in [0.2, 0.25) is 0 Å². The molecule has 2 aliphatic rings. The standard InChI is InChI=1S/C18H22N2/c1-2-9-17-14(5-1)6-3-7-15(17)11-20-12-16-8-4-10-19-18(16)13-20/h1-3,5-7,9,16,18-19H,4,8,10-13H2/t16-,18+/m0/s1. The molecule has 2 atom stereocenters. The van der Waals surface area contributed by atoms with Gasteiger partial charge in [0.2, 0.25) is 0 Å². The highest BCUT2D eigenvalue weighted by molar-refractivity contribution is 5.85. The number of hydrogen-bond donors (Lipinski definition) is 1. The fraction of sp³-hybridized carbons (Fsp3) is 0.444. The Morgan fingerprint density at radius 2 is 1.95 bits per heavy atom. The lowest BCUT2D eigenvalue weighted by Gasteiger charge is -2.24. The van der Waals surface area contributed by atoms with Crippen molar-refractivity contribution >= 4 is 10.8 Å². The third-order valence-corrected chi connectivity index (χ3v) is 4.95. The van der Waals surface area contributed by atoms with E-state index in [1.54, 1.807) is 0 Å². The Balaban J connectivity index is 1.56. The van der Waals surface area contributed by atoms with Crippen LogP contribution in [0.25, 0.3) is 10.8 Å². The van der Waals surface area contributed by atoms with Crippen LogP contribution in [0.5, 0.6) is 0 Å². The molecule has 4 rings (SSSR count). The maximum atomic E-state index is 3.69. The minimum atomic E-state index is 0.735. The zero-order valence-electron chi connectivity index (χ0n) is 11.9. The molecule has 0 amide bonds. The summed E-state index contributed by atoms with van der Waals surface area (Å²) in [5, 5.41) is 6.47. The van der Waals surface area contributed by atoms with E-state index in [0.29, 0.717) is 0 Å². The first-order valence-corrected chi connectivity index (χ1v) is 7.82. The summed E-state index contributed by atoms with van der Waals surface area (Å²) in [6.45, 7) is 4.79. The maximum Gasteiger partial charge on any atom is 0.0240 e. The molecule has 2 fully saturated rings. The largest absolute Gasteiger partial charge is 0.312 e. The Kier molecular flexibility index (Phi) is 3.21. The quantitative estimate of drug-likeness (QED) is 0.899. The molecule has 0 radical (unpaired) electrons. The van der Waals surface area contributed by atoms with E-state index in [1.165, 1.54) is 48.8 Å². The number of fused-ring (bicyclic) bond motifs is 2. The number of piperidine rings is 1. The van der Waals surface area contributed by atoms with E-state index >= 15 is 0 Å². The monoisotopic (exact) mass is 266 g/mol. The molecule has 2 heteroatoms. The lowest BCUT2D eigenvalue weighted by atomic mass is 9.94. The molecule has 0 aromatic heterocycles. The van der Waals surface area contributed by atoms with Crippen molar-refractivity contribution in [1.82, 2.24) is 10.2 Å². The van der Waals surface area contributed by atoms with Crippen molar-refractivity contribution < 1.29 is 0 Å². The van der Waals surface area contributed by atoms with Crippen molar-refractivity contribution in [1.29, 1.82) is 0 Å². The van der Waals surface area contributed by atoms with E-state index in [1.807, 2.05) is 0 Å². The number of nitrogens with one attached hydrogen (secondary N) is 1. The molecule has 2 aliphatic heterocycles. The Bertz CT molecular complexity index is 588. The van der Waals surface area contributed by atoms with Crippen molar-refractivity contribution in [2.45, 2.75) is 25.4 Å². The molecular formula is C18H22N2. The van der Waals surface area contributed by atoms with Crippen LogP contribution in [0, 0.1) is 5.92 Å². The van der Waals surface area contributed by atoms with Crippen molar-refractivity contribution in [3.05, 3.63) is 48.0 Å². The van der Waals surface area contributed by atoms with Crippen LogP contribution in [-0.2, 0) is 6.54 Å². The number of likely N-dealkylation sites (tertiary alicyclic amines) is 1. The van der Waals surface area contributed by atoms with Gasteiger partial charge in [0.1, 0.15) is 0 Å². The maximum absolute atomic E-state index is 3.69. The van der Waals surface area contributed by atoms with Gasteiger partial charge in [-0.25, -0.2) is 0 Å². The van der Waals surface area contributed by atoms with Crippen molar-refractivity contribution in [2.24, 2.45) is 5.92 Å². The second-order valence-electron chi connectivity index (χ2n) is 6.30. The number of benzene rings is 2. The fourth-order valence-corrected chi connectivity index (χ4v) is 3.94. The molecule has 0 unspecified atom stereocenters. The van der Waals surface area contributed by atoms with Crippen molar-refractivity contribution in [2.75, 3.05) is 19.6 Å². The summed E-state index contributed by atoms with van der Waals surface area (Å²) in [7, 11) is 0. The smallest absolute Gasteiger partial charge is 0.0240 e. The predicted octanol–water partition coefficient (Wildman–Crippen LogP) is 3.02. The van der Waals surface area contributed by atoms with Gasteiger partial charge in [-0.2, -0.15) is 0 Å². The van der Waals surface area contributed by atoms with E-state index in [4.69, 9.17) is 0 Å². The first kappa shape index (κ1) is 12.4. The highest BCUT2D eigenvalue weighted by atomic mass is 15.2. The molecule has 0 bridgehead atoms. The van der Waals surface area contributed by atoms with Crippen molar-refractivity contribution in [3.8, 4) is 0 Å². The van der Waals surface area contributed by atoms with Gasteiger partial charge in [-0.05, 0) is 41.6 Å². The van der Waals surface area contributed by atoms with Gasteiger partial charge in [0.15, 0.2) is 0 Å². The molecule has 1 N–H and O–H groups in total. The Labute approximate surface area is 120 Å². The first-order valence-electron chi connectivity index (χ1n) is 7.82. The second kappa shape index (κ2) is 5.19. The SMILES string of the molecule is c1ccc2c(CN3C[C@@H]4CCCN[C@@H]4C3)cccc2c1. The van der Waals surface area contributed by atoms with Gasteiger partial charge in [0.25, 0.3) is 0 Å². The van der Waals surface area contributed by atoms with E-state index in [2.05, 4.69) is 52.7 Å². The Morgan fingerprint density at radius 3 is 2.90 bits per heavy atom.